The second kappa shape index (κ2) is 3.95. The second-order valence-corrected chi connectivity index (χ2v) is 5.90. The average Bonchev–Trinajstić information content (AvgIpc) is 2.41. The normalized spacial score (nSPS) is 18.9. The van der Waals surface area contributed by atoms with Crippen LogP contribution in [0.3, 0.4) is 0 Å². The third-order valence-electron chi connectivity index (χ3n) is 2.97. The molecule has 0 atom stereocenters. The van der Waals surface area contributed by atoms with E-state index in [1.807, 2.05) is 25.1 Å². The van der Waals surface area contributed by atoms with Gasteiger partial charge in [-0.2, -0.15) is 0 Å². The molecule has 0 aromatic heterocycles. The number of carbonyl (C=O) groups is 2. The minimum Gasteiger partial charge on any atom is -0.274 e. The van der Waals surface area contributed by atoms with Crippen molar-refractivity contribution in [2.24, 2.45) is 5.41 Å². The van der Waals surface area contributed by atoms with E-state index in [2.05, 4.69) is 15.9 Å². The predicted molar refractivity (Wildman–Crippen MR) is 69.8 cm³/mol. The Balaban J connectivity index is 2.51. The van der Waals surface area contributed by atoms with Gasteiger partial charge in [-0.3, -0.25) is 9.59 Å². The Labute approximate surface area is 109 Å². The van der Waals surface area contributed by atoms with Crippen LogP contribution in [-0.2, 0) is 9.59 Å². The Morgan fingerprint density at radius 2 is 1.94 bits per heavy atom. The van der Waals surface area contributed by atoms with E-state index in [1.54, 1.807) is 13.8 Å². The van der Waals surface area contributed by atoms with Gasteiger partial charge in [0.05, 0.1) is 11.1 Å². The van der Waals surface area contributed by atoms with E-state index in [1.165, 1.54) is 4.90 Å². The standard InChI is InChI=1S/C13H14BrNO2/c1-8-4-5-9(14)10(6-8)15-11(16)7-13(2,3)12(15)17/h4-6H,7H2,1-3H3. The van der Waals surface area contributed by atoms with Gasteiger partial charge in [0.1, 0.15) is 0 Å². The molecule has 1 fully saturated rings. The van der Waals surface area contributed by atoms with Gasteiger partial charge in [-0.1, -0.05) is 19.9 Å². The molecule has 3 nitrogen and oxygen atoms in total. The van der Waals surface area contributed by atoms with Crippen LogP contribution in [-0.4, -0.2) is 11.8 Å². The highest BCUT2D eigenvalue weighted by atomic mass is 79.9. The van der Waals surface area contributed by atoms with Crippen LogP contribution in [0.5, 0.6) is 0 Å². The zero-order chi connectivity index (χ0) is 12.8. The summed E-state index contributed by atoms with van der Waals surface area (Å²) < 4.78 is 0.766. The first kappa shape index (κ1) is 12.3. The molecule has 0 radical (unpaired) electrons. The minimum absolute atomic E-state index is 0.131. The fourth-order valence-corrected chi connectivity index (χ4v) is 2.41. The zero-order valence-corrected chi connectivity index (χ0v) is 11.7. The molecule has 0 spiro atoms. The number of carbonyl (C=O) groups excluding carboxylic acids is 2. The SMILES string of the molecule is Cc1ccc(Br)c(N2C(=O)CC(C)(C)C2=O)c1. The van der Waals surface area contributed by atoms with E-state index >= 15 is 0 Å². The summed E-state index contributed by atoms with van der Waals surface area (Å²) in [7, 11) is 0. The highest BCUT2D eigenvalue weighted by Gasteiger charge is 2.45. The van der Waals surface area contributed by atoms with Gasteiger partial charge >= 0.3 is 0 Å². The lowest BCUT2D eigenvalue weighted by atomic mass is 9.92. The number of hydrogen-bond donors (Lipinski definition) is 0. The topological polar surface area (TPSA) is 37.4 Å². The molecule has 1 aliphatic heterocycles. The highest BCUT2D eigenvalue weighted by Crippen LogP contribution is 2.38. The molecule has 90 valence electrons. The lowest BCUT2D eigenvalue weighted by Crippen LogP contribution is -2.33. The maximum Gasteiger partial charge on any atom is 0.239 e. The van der Waals surface area contributed by atoms with Crippen LogP contribution in [0.25, 0.3) is 0 Å². The molecule has 1 aliphatic rings. The van der Waals surface area contributed by atoms with Gasteiger partial charge in [-0.05, 0) is 40.5 Å². The molecule has 1 saturated heterocycles. The smallest absolute Gasteiger partial charge is 0.239 e. The van der Waals surface area contributed by atoms with Crippen LogP contribution in [0.15, 0.2) is 22.7 Å². The first-order valence-electron chi connectivity index (χ1n) is 5.46. The predicted octanol–water partition coefficient (Wildman–Crippen LogP) is 3.05. The largest absolute Gasteiger partial charge is 0.274 e. The number of amides is 2. The molecule has 2 rings (SSSR count). The maximum absolute atomic E-state index is 12.2. The van der Waals surface area contributed by atoms with Crippen molar-refractivity contribution in [1.29, 1.82) is 0 Å². The average molecular weight is 296 g/mol. The van der Waals surface area contributed by atoms with Crippen LogP contribution in [0.4, 0.5) is 5.69 Å². The van der Waals surface area contributed by atoms with Crippen LogP contribution in [0.1, 0.15) is 25.8 Å². The number of aryl methyl sites for hydroxylation is 1. The second-order valence-electron chi connectivity index (χ2n) is 5.05. The van der Waals surface area contributed by atoms with E-state index < -0.39 is 5.41 Å². The van der Waals surface area contributed by atoms with Crippen LogP contribution < -0.4 is 4.90 Å². The van der Waals surface area contributed by atoms with Crippen molar-refractivity contribution < 1.29 is 9.59 Å². The molecule has 0 aliphatic carbocycles. The molecule has 0 saturated carbocycles. The van der Waals surface area contributed by atoms with Gasteiger partial charge in [0.15, 0.2) is 0 Å². The zero-order valence-electron chi connectivity index (χ0n) is 10.1. The number of hydrogen-bond acceptors (Lipinski definition) is 2. The van der Waals surface area contributed by atoms with Gasteiger partial charge in [-0.15, -0.1) is 0 Å². The number of rotatable bonds is 1. The molecule has 0 unspecified atom stereocenters. The maximum atomic E-state index is 12.2. The summed E-state index contributed by atoms with van der Waals surface area (Å²) in [5.41, 5.74) is 1.07. The molecule has 4 heteroatoms. The Hall–Kier alpha value is -1.16. The van der Waals surface area contributed by atoms with Crippen molar-refractivity contribution in [3.8, 4) is 0 Å². The molecular weight excluding hydrogens is 282 g/mol. The Morgan fingerprint density at radius 1 is 1.29 bits per heavy atom. The van der Waals surface area contributed by atoms with Gasteiger partial charge in [0.2, 0.25) is 11.8 Å². The van der Waals surface area contributed by atoms with Crippen molar-refractivity contribution >= 4 is 33.4 Å². The summed E-state index contributed by atoms with van der Waals surface area (Å²) in [6.07, 6.45) is 0.270. The summed E-state index contributed by atoms with van der Waals surface area (Å²) in [5.74, 6) is -0.264. The third-order valence-corrected chi connectivity index (χ3v) is 3.64. The van der Waals surface area contributed by atoms with Crippen molar-refractivity contribution in [3.63, 3.8) is 0 Å². The fourth-order valence-electron chi connectivity index (χ4n) is 1.99. The summed E-state index contributed by atoms with van der Waals surface area (Å²) in [6.45, 7) is 5.54. The molecule has 1 aromatic carbocycles. The van der Waals surface area contributed by atoms with Crippen molar-refractivity contribution in [2.75, 3.05) is 4.90 Å². The first-order valence-corrected chi connectivity index (χ1v) is 6.26. The third kappa shape index (κ3) is 2.02. The summed E-state index contributed by atoms with van der Waals surface area (Å²) in [4.78, 5) is 25.4. The van der Waals surface area contributed by atoms with E-state index in [0.717, 1.165) is 10.0 Å². The number of nitrogens with zero attached hydrogens (tertiary/aromatic N) is 1. The monoisotopic (exact) mass is 295 g/mol. The van der Waals surface area contributed by atoms with Gasteiger partial charge in [0.25, 0.3) is 0 Å². The lowest BCUT2D eigenvalue weighted by molar-refractivity contribution is -0.124. The first-order chi connectivity index (χ1) is 7.83. The Morgan fingerprint density at radius 3 is 2.47 bits per heavy atom. The van der Waals surface area contributed by atoms with E-state index in [9.17, 15) is 9.59 Å². The van der Waals surface area contributed by atoms with E-state index in [4.69, 9.17) is 0 Å². The molecular formula is C13H14BrNO2. The van der Waals surface area contributed by atoms with Gasteiger partial charge in [-0.25, -0.2) is 4.90 Å². The quantitative estimate of drug-likeness (QED) is 0.747. The van der Waals surface area contributed by atoms with Gasteiger partial charge in [0, 0.05) is 10.9 Å². The molecule has 0 N–H and O–H groups in total. The minimum atomic E-state index is -0.597. The number of imide groups is 1. The molecule has 2 amide bonds. The summed E-state index contributed by atoms with van der Waals surface area (Å²) in [5, 5.41) is 0. The molecule has 1 heterocycles. The molecule has 0 bridgehead atoms. The van der Waals surface area contributed by atoms with Gasteiger partial charge < -0.3 is 0 Å². The van der Waals surface area contributed by atoms with Crippen molar-refractivity contribution in [2.45, 2.75) is 27.2 Å². The molecule has 1 aromatic rings. The summed E-state index contributed by atoms with van der Waals surface area (Å²) in [6, 6.07) is 5.64. The van der Waals surface area contributed by atoms with E-state index in [0.29, 0.717) is 5.69 Å². The lowest BCUT2D eigenvalue weighted by Gasteiger charge is -2.19. The van der Waals surface area contributed by atoms with E-state index in [-0.39, 0.29) is 18.2 Å². The Kier molecular flexibility index (Phi) is 2.86. The highest BCUT2D eigenvalue weighted by molar-refractivity contribution is 9.10. The van der Waals surface area contributed by atoms with Crippen LogP contribution in [0, 0.1) is 12.3 Å². The number of halogens is 1. The van der Waals surface area contributed by atoms with Crippen molar-refractivity contribution in [3.05, 3.63) is 28.2 Å². The number of benzene rings is 1. The Bertz CT molecular complexity index is 508. The fraction of sp³-hybridized carbons (Fsp3) is 0.385. The molecule has 17 heavy (non-hydrogen) atoms. The van der Waals surface area contributed by atoms with Crippen molar-refractivity contribution in [1.82, 2.24) is 0 Å². The van der Waals surface area contributed by atoms with Crippen LogP contribution in [0.2, 0.25) is 0 Å². The van der Waals surface area contributed by atoms with Crippen LogP contribution >= 0.6 is 15.9 Å². The number of anilines is 1. The summed E-state index contributed by atoms with van der Waals surface area (Å²) >= 11 is 3.39.